The molecule has 0 atom stereocenters. The van der Waals surface area contributed by atoms with Crippen LogP contribution in [0.25, 0.3) is 17.0 Å². The van der Waals surface area contributed by atoms with Crippen molar-refractivity contribution >= 4 is 17.0 Å². The fourth-order valence-corrected chi connectivity index (χ4v) is 2.60. The van der Waals surface area contributed by atoms with Gasteiger partial charge in [0.2, 0.25) is 0 Å². The topological polar surface area (TPSA) is 39.8 Å². The van der Waals surface area contributed by atoms with Crippen LogP contribution in [0.15, 0.2) is 16.6 Å². The van der Waals surface area contributed by atoms with E-state index in [4.69, 9.17) is 0 Å². The second kappa shape index (κ2) is 3.32. The molecule has 0 aromatic carbocycles. The minimum Gasteiger partial charge on any atom is -0.339 e. The molecule has 0 saturated carbocycles. The Balaban J connectivity index is 2.41. The lowest BCUT2D eigenvalue weighted by atomic mass is 10.1. The predicted molar refractivity (Wildman–Crippen MR) is 67.9 cm³/mol. The number of rotatable bonds is 1. The molecule has 4 heteroatoms. The maximum Gasteiger partial charge on any atom is 0.290 e. The molecule has 4 nitrogen and oxygen atoms in total. The third-order valence-corrected chi connectivity index (χ3v) is 3.64. The van der Waals surface area contributed by atoms with Gasteiger partial charge in [-0.3, -0.25) is 4.79 Å². The van der Waals surface area contributed by atoms with Crippen molar-refractivity contribution in [2.24, 2.45) is 14.1 Å². The molecule has 0 saturated heterocycles. The zero-order valence-corrected chi connectivity index (χ0v) is 10.3. The molecule has 0 aliphatic heterocycles. The molecule has 0 unspecified atom stereocenters. The van der Waals surface area contributed by atoms with E-state index in [1.807, 2.05) is 17.8 Å². The number of aromatic nitrogens is 3. The van der Waals surface area contributed by atoms with E-state index in [2.05, 4.69) is 18.1 Å². The van der Waals surface area contributed by atoms with E-state index in [1.165, 1.54) is 21.5 Å². The van der Waals surface area contributed by atoms with Crippen LogP contribution >= 0.6 is 0 Å². The summed E-state index contributed by atoms with van der Waals surface area (Å²) in [6.45, 7) is 2.16. The number of hydrogen-bond donors (Lipinski definition) is 0. The van der Waals surface area contributed by atoms with Gasteiger partial charge in [-0.2, -0.15) is 5.10 Å². The molecular weight excluding hydrogens is 214 g/mol. The van der Waals surface area contributed by atoms with E-state index in [-0.39, 0.29) is 5.56 Å². The van der Waals surface area contributed by atoms with Gasteiger partial charge in [-0.15, -0.1) is 0 Å². The molecule has 88 valence electrons. The van der Waals surface area contributed by atoms with E-state index in [1.54, 1.807) is 7.05 Å². The number of hydrogen-bond acceptors (Lipinski definition) is 2. The Labute approximate surface area is 99.2 Å². The van der Waals surface area contributed by atoms with E-state index >= 15 is 0 Å². The van der Waals surface area contributed by atoms with Crippen molar-refractivity contribution in [3.05, 3.63) is 33.4 Å². The first-order valence-corrected chi connectivity index (χ1v) is 5.86. The number of allylic oxidation sites excluding steroid dienone is 1. The maximum atomic E-state index is 12.1. The first kappa shape index (κ1) is 10.3. The minimum atomic E-state index is -0.0224. The van der Waals surface area contributed by atoms with Crippen molar-refractivity contribution in [1.82, 2.24) is 14.3 Å². The molecule has 0 spiro atoms. The van der Waals surface area contributed by atoms with Gasteiger partial charge in [0, 0.05) is 25.2 Å². The molecule has 2 aromatic heterocycles. The van der Waals surface area contributed by atoms with Crippen LogP contribution < -0.4 is 5.56 Å². The monoisotopic (exact) mass is 229 g/mol. The van der Waals surface area contributed by atoms with Crippen LogP contribution in [-0.2, 0) is 20.5 Å². The van der Waals surface area contributed by atoms with Gasteiger partial charge in [0.15, 0.2) is 0 Å². The maximum absolute atomic E-state index is 12.1. The summed E-state index contributed by atoms with van der Waals surface area (Å²) in [5.74, 6) is 0. The largest absolute Gasteiger partial charge is 0.339 e. The van der Waals surface area contributed by atoms with Crippen LogP contribution in [0.4, 0.5) is 0 Å². The molecule has 2 heterocycles. The fraction of sp³-hybridized carbons (Fsp3) is 0.385. The summed E-state index contributed by atoms with van der Waals surface area (Å²) in [4.78, 5) is 12.1. The average molecular weight is 229 g/mol. The summed E-state index contributed by atoms with van der Waals surface area (Å²) < 4.78 is 3.39. The lowest BCUT2D eigenvalue weighted by molar-refractivity contribution is 0.712. The third kappa shape index (κ3) is 1.24. The first-order chi connectivity index (χ1) is 8.13. The summed E-state index contributed by atoms with van der Waals surface area (Å²) in [6.07, 6.45) is 6.03. The second-order valence-electron chi connectivity index (χ2n) is 4.59. The Kier molecular flexibility index (Phi) is 2.02. The Hall–Kier alpha value is -1.84. The van der Waals surface area contributed by atoms with Crippen LogP contribution in [0.5, 0.6) is 0 Å². The molecule has 17 heavy (non-hydrogen) atoms. The highest BCUT2D eigenvalue weighted by Gasteiger charge is 2.22. The van der Waals surface area contributed by atoms with Gasteiger partial charge in [0.1, 0.15) is 5.52 Å². The third-order valence-electron chi connectivity index (χ3n) is 3.64. The highest BCUT2D eigenvalue weighted by molar-refractivity contribution is 5.89. The van der Waals surface area contributed by atoms with Gasteiger partial charge in [0.05, 0.1) is 6.20 Å². The highest BCUT2D eigenvalue weighted by atomic mass is 16.1. The van der Waals surface area contributed by atoms with Crippen molar-refractivity contribution in [3.8, 4) is 0 Å². The summed E-state index contributed by atoms with van der Waals surface area (Å²) in [5.41, 5.74) is 4.59. The molecule has 1 aliphatic carbocycles. The summed E-state index contributed by atoms with van der Waals surface area (Å²) in [7, 11) is 3.64. The second-order valence-corrected chi connectivity index (χ2v) is 4.59. The molecule has 0 bridgehead atoms. The Morgan fingerprint density at radius 2 is 2.18 bits per heavy atom. The van der Waals surface area contributed by atoms with Crippen LogP contribution in [0, 0.1) is 0 Å². The zero-order chi connectivity index (χ0) is 12.2. The lowest BCUT2D eigenvalue weighted by Crippen LogP contribution is -2.20. The van der Waals surface area contributed by atoms with Crippen molar-refractivity contribution < 1.29 is 0 Å². The average Bonchev–Trinajstić information content (AvgIpc) is 2.84. The van der Waals surface area contributed by atoms with Gasteiger partial charge in [-0.05, 0) is 24.5 Å². The SMILES string of the molecule is CCC1=Cc2c(c3cnn(C)c(=O)c3n2C)C1. The number of fused-ring (bicyclic) bond motifs is 3. The van der Waals surface area contributed by atoms with E-state index in [0.29, 0.717) is 0 Å². The molecule has 0 fully saturated rings. The normalized spacial score (nSPS) is 14.2. The smallest absolute Gasteiger partial charge is 0.290 e. The summed E-state index contributed by atoms with van der Waals surface area (Å²) in [5, 5.41) is 5.12. The van der Waals surface area contributed by atoms with Crippen molar-refractivity contribution in [1.29, 1.82) is 0 Å². The number of aryl methyl sites for hydroxylation is 2. The van der Waals surface area contributed by atoms with Crippen molar-refractivity contribution in [3.63, 3.8) is 0 Å². The van der Waals surface area contributed by atoms with Gasteiger partial charge < -0.3 is 4.57 Å². The van der Waals surface area contributed by atoms with Gasteiger partial charge in [0.25, 0.3) is 5.56 Å². The highest BCUT2D eigenvalue weighted by Crippen LogP contribution is 2.33. The molecule has 0 amide bonds. The molecular formula is C13H15N3O. The van der Waals surface area contributed by atoms with E-state index in [0.717, 1.165) is 23.7 Å². The zero-order valence-electron chi connectivity index (χ0n) is 10.3. The molecule has 0 radical (unpaired) electrons. The van der Waals surface area contributed by atoms with Crippen LogP contribution in [0.3, 0.4) is 0 Å². The minimum absolute atomic E-state index is 0.0224. The Bertz CT molecular complexity index is 704. The predicted octanol–water partition coefficient (Wildman–Crippen LogP) is 1.62. The van der Waals surface area contributed by atoms with Crippen LogP contribution in [0.2, 0.25) is 0 Å². The molecule has 3 rings (SSSR count). The quantitative estimate of drug-likeness (QED) is 0.745. The Morgan fingerprint density at radius 3 is 2.88 bits per heavy atom. The summed E-state index contributed by atoms with van der Waals surface area (Å²) in [6, 6.07) is 0. The van der Waals surface area contributed by atoms with Crippen LogP contribution in [0.1, 0.15) is 24.6 Å². The van der Waals surface area contributed by atoms with E-state index < -0.39 is 0 Å². The standard InChI is InChI=1S/C13H15N3O/c1-4-8-5-9-10-7-14-16(3)13(17)12(10)15(2)11(9)6-8/h6-7H,4-5H2,1-3H3. The molecule has 2 aromatic rings. The van der Waals surface area contributed by atoms with Crippen LogP contribution in [-0.4, -0.2) is 14.3 Å². The summed E-state index contributed by atoms with van der Waals surface area (Å²) >= 11 is 0. The van der Waals surface area contributed by atoms with Gasteiger partial charge in [-0.1, -0.05) is 12.5 Å². The Morgan fingerprint density at radius 1 is 1.41 bits per heavy atom. The molecule has 1 aliphatic rings. The van der Waals surface area contributed by atoms with E-state index in [9.17, 15) is 4.79 Å². The lowest BCUT2D eigenvalue weighted by Gasteiger charge is -2.01. The molecule has 0 N–H and O–H groups in total. The fourth-order valence-electron chi connectivity index (χ4n) is 2.60. The number of nitrogens with zero attached hydrogens (tertiary/aromatic N) is 3. The van der Waals surface area contributed by atoms with Gasteiger partial charge in [-0.25, -0.2) is 4.68 Å². The van der Waals surface area contributed by atoms with Crippen molar-refractivity contribution in [2.75, 3.05) is 0 Å². The van der Waals surface area contributed by atoms with Gasteiger partial charge >= 0.3 is 0 Å². The first-order valence-electron chi connectivity index (χ1n) is 5.86. The van der Waals surface area contributed by atoms with Crippen molar-refractivity contribution in [2.45, 2.75) is 19.8 Å².